The number of rotatable bonds is 5. The fourth-order valence-electron chi connectivity index (χ4n) is 1.73. The first kappa shape index (κ1) is 17.2. The van der Waals surface area contributed by atoms with Gasteiger partial charge in [-0.1, -0.05) is 34.1 Å². The fraction of sp³-hybridized carbons (Fsp3) is 0.357. The van der Waals surface area contributed by atoms with E-state index < -0.39 is 11.2 Å². The second-order valence-electron chi connectivity index (χ2n) is 4.82. The van der Waals surface area contributed by atoms with E-state index in [9.17, 15) is 9.35 Å². The summed E-state index contributed by atoms with van der Waals surface area (Å²) in [4.78, 5) is 22.1. The molecule has 8 heteroatoms. The van der Waals surface area contributed by atoms with E-state index >= 15 is 0 Å². The molecule has 0 saturated carbocycles. The van der Waals surface area contributed by atoms with Gasteiger partial charge in [-0.15, -0.1) is 0 Å². The van der Waals surface area contributed by atoms with Crippen LogP contribution in [0.1, 0.15) is 13.3 Å². The molecule has 2 unspecified atom stereocenters. The van der Waals surface area contributed by atoms with Crippen LogP contribution in [0.3, 0.4) is 0 Å². The minimum atomic E-state index is -1.03. The molecule has 118 valence electrons. The normalized spacial score (nSPS) is 13.7. The Bertz CT molecular complexity index is 649. The summed E-state index contributed by atoms with van der Waals surface area (Å²) in [6, 6.07) is 3.70. The molecule has 0 aliphatic carbocycles. The third kappa shape index (κ3) is 3.98. The maximum Gasteiger partial charge on any atom is 0.232 e. The Kier molecular flexibility index (Phi) is 5.80. The van der Waals surface area contributed by atoms with Crippen molar-refractivity contribution in [2.75, 3.05) is 18.2 Å². The van der Waals surface area contributed by atoms with Gasteiger partial charge in [-0.2, -0.15) is 0 Å². The molecule has 2 atom stereocenters. The van der Waals surface area contributed by atoms with E-state index in [-0.39, 0.29) is 22.7 Å². The Morgan fingerprint density at radius 3 is 2.91 bits per heavy atom. The number of anilines is 1. The lowest BCUT2D eigenvalue weighted by Gasteiger charge is -2.18. The molecule has 0 fully saturated rings. The third-order valence-electron chi connectivity index (χ3n) is 3.19. The van der Waals surface area contributed by atoms with Crippen molar-refractivity contribution in [3.8, 4) is 10.6 Å². The van der Waals surface area contributed by atoms with Crippen molar-refractivity contribution >= 4 is 45.0 Å². The van der Waals surface area contributed by atoms with Crippen LogP contribution in [0.25, 0.3) is 10.6 Å². The summed E-state index contributed by atoms with van der Waals surface area (Å²) in [7, 11) is 1.65. The number of halogens is 1. The number of carbonyl (C=O) groups excluding carboxylic acids is 1. The molecular formula is C14H16ClN3O2S2. The van der Waals surface area contributed by atoms with Gasteiger partial charge in [-0.25, -0.2) is 4.98 Å². The van der Waals surface area contributed by atoms with E-state index in [4.69, 9.17) is 11.6 Å². The zero-order valence-corrected chi connectivity index (χ0v) is 14.8. The maximum atomic E-state index is 12.3. The molecule has 0 aliphatic heterocycles. The van der Waals surface area contributed by atoms with E-state index in [1.54, 1.807) is 32.6 Å². The molecule has 1 amide bonds. The Morgan fingerprint density at radius 1 is 1.59 bits per heavy atom. The molecule has 0 aromatic carbocycles. The molecule has 0 radical (unpaired) electrons. The summed E-state index contributed by atoms with van der Waals surface area (Å²) in [5, 5.41) is 1.38. The second-order valence-corrected chi connectivity index (χ2v) is 7.96. The zero-order valence-electron chi connectivity index (χ0n) is 12.4. The molecule has 0 N–H and O–H groups in total. The van der Waals surface area contributed by atoms with Crippen LogP contribution < -0.4 is 4.90 Å². The lowest BCUT2D eigenvalue weighted by molar-refractivity contribution is -0.118. The average molecular weight is 358 g/mol. The lowest BCUT2D eigenvalue weighted by Crippen LogP contribution is -2.31. The van der Waals surface area contributed by atoms with Gasteiger partial charge in [-0.05, 0) is 19.1 Å². The Labute approximate surface area is 141 Å². The molecule has 2 rings (SSSR count). The van der Waals surface area contributed by atoms with Crippen molar-refractivity contribution in [3.63, 3.8) is 0 Å². The molecule has 22 heavy (non-hydrogen) atoms. The Balaban J connectivity index is 2.19. The molecule has 2 aromatic heterocycles. The number of thiazole rings is 1. The van der Waals surface area contributed by atoms with Crippen LogP contribution in [0.2, 0.25) is 5.15 Å². The van der Waals surface area contributed by atoms with Crippen LogP contribution in [-0.2, 0) is 16.0 Å². The lowest BCUT2D eigenvalue weighted by atomic mass is 10.3. The summed E-state index contributed by atoms with van der Waals surface area (Å²) in [6.07, 6.45) is 5.18. The van der Waals surface area contributed by atoms with Gasteiger partial charge >= 0.3 is 0 Å². The number of hydrogen-bond donors (Lipinski definition) is 0. The first-order valence-corrected chi connectivity index (χ1v) is 9.37. The first-order chi connectivity index (χ1) is 10.4. The van der Waals surface area contributed by atoms with Crippen LogP contribution in [-0.4, -0.2) is 39.0 Å². The van der Waals surface area contributed by atoms with E-state index in [0.717, 1.165) is 5.56 Å². The van der Waals surface area contributed by atoms with Gasteiger partial charge in [0.15, 0.2) is 5.15 Å². The SMILES string of the molecule is CC(CC(=O)N(C)c1sc(-c2cccnc2)nc1Cl)[S+](C)[O-]. The van der Waals surface area contributed by atoms with E-state index in [0.29, 0.717) is 10.0 Å². The summed E-state index contributed by atoms with van der Waals surface area (Å²) in [5.74, 6) is -0.133. The third-order valence-corrected chi connectivity index (χ3v) is 6.04. The second kappa shape index (κ2) is 7.41. The molecule has 5 nitrogen and oxygen atoms in total. The number of amides is 1. The highest BCUT2D eigenvalue weighted by molar-refractivity contribution is 7.91. The average Bonchev–Trinajstić information content (AvgIpc) is 2.89. The standard InChI is InChI=1S/C14H16ClN3O2S2/c1-9(22(3)20)7-11(19)18(2)14-12(15)17-13(21-14)10-5-4-6-16-8-10/h4-6,8-9H,7H2,1-3H3. The maximum absolute atomic E-state index is 12.3. The van der Waals surface area contributed by atoms with Crippen LogP contribution in [0.5, 0.6) is 0 Å². The van der Waals surface area contributed by atoms with Crippen LogP contribution >= 0.6 is 22.9 Å². The van der Waals surface area contributed by atoms with Gasteiger partial charge < -0.3 is 9.45 Å². The summed E-state index contributed by atoms with van der Waals surface area (Å²) in [5.41, 5.74) is 0.851. The topological polar surface area (TPSA) is 69.2 Å². The molecule has 0 bridgehead atoms. The fourth-order valence-corrected chi connectivity index (χ4v) is 3.41. The van der Waals surface area contributed by atoms with E-state index in [1.165, 1.54) is 16.2 Å². The summed E-state index contributed by atoms with van der Waals surface area (Å²) >= 11 is 6.45. The van der Waals surface area contributed by atoms with Gasteiger partial charge in [0.05, 0.1) is 12.7 Å². The monoisotopic (exact) mass is 357 g/mol. The number of nitrogens with zero attached hydrogens (tertiary/aromatic N) is 3. The van der Waals surface area contributed by atoms with Gasteiger partial charge in [0, 0.05) is 25.0 Å². The molecular weight excluding hydrogens is 342 g/mol. The number of aromatic nitrogens is 2. The highest BCUT2D eigenvalue weighted by Gasteiger charge is 2.23. The van der Waals surface area contributed by atoms with Crippen molar-refractivity contribution in [1.82, 2.24) is 9.97 Å². The minimum Gasteiger partial charge on any atom is -0.616 e. The zero-order chi connectivity index (χ0) is 16.3. The van der Waals surface area contributed by atoms with Crippen LogP contribution in [0, 0.1) is 0 Å². The molecule has 0 spiro atoms. The van der Waals surface area contributed by atoms with E-state index in [2.05, 4.69) is 9.97 Å². The quantitative estimate of drug-likeness (QED) is 0.771. The molecule has 2 heterocycles. The highest BCUT2D eigenvalue weighted by Crippen LogP contribution is 2.37. The predicted molar refractivity (Wildman–Crippen MR) is 91.9 cm³/mol. The first-order valence-electron chi connectivity index (χ1n) is 6.55. The largest absolute Gasteiger partial charge is 0.616 e. The van der Waals surface area contributed by atoms with Gasteiger partial charge in [0.25, 0.3) is 0 Å². The Morgan fingerprint density at radius 2 is 2.32 bits per heavy atom. The van der Waals surface area contributed by atoms with Crippen molar-refractivity contribution in [1.29, 1.82) is 0 Å². The minimum absolute atomic E-state index is 0.133. The highest BCUT2D eigenvalue weighted by atomic mass is 35.5. The number of carbonyl (C=O) groups is 1. The van der Waals surface area contributed by atoms with Crippen molar-refractivity contribution in [2.24, 2.45) is 0 Å². The van der Waals surface area contributed by atoms with Crippen molar-refractivity contribution in [2.45, 2.75) is 18.6 Å². The molecule has 0 aliphatic rings. The Hall–Kier alpha value is -1.15. The molecule has 2 aromatic rings. The summed E-state index contributed by atoms with van der Waals surface area (Å²) in [6.45, 7) is 1.79. The van der Waals surface area contributed by atoms with Crippen molar-refractivity contribution in [3.05, 3.63) is 29.7 Å². The van der Waals surface area contributed by atoms with Crippen LogP contribution in [0.4, 0.5) is 5.00 Å². The van der Waals surface area contributed by atoms with E-state index in [1.807, 2.05) is 12.1 Å². The number of hydrogen-bond acceptors (Lipinski definition) is 5. The van der Waals surface area contributed by atoms with Gasteiger partial charge in [-0.3, -0.25) is 9.78 Å². The van der Waals surface area contributed by atoms with Gasteiger partial charge in [0.2, 0.25) is 5.91 Å². The number of pyridine rings is 1. The molecule has 0 saturated heterocycles. The van der Waals surface area contributed by atoms with Gasteiger partial charge in [0.1, 0.15) is 15.3 Å². The smallest absolute Gasteiger partial charge is 0.232 e. The summed E-state index contributed by atoms with van der Waals surface area (Å²) < 4.78 is 11.4. The van der Waals surface area contributed by atoms with Crippen molar-refractivity contribution < 1.29 is 9.35 Å². The predicted octanol–water partition coefficient (Wildman–Crippen LogP) is 2.98. The van der Waals surface area contributed by atoms with Crippen LogP contribution in [0.15, 0.2) is 24.5 Å².